The molecule has 3 aromatic rings. The average Bonchev–Trinajstić information content (AvgIpc) is 3.08. The van der Waals surface area contributed by atoms with Gasteiger partial charge in [0.05, 0.1) is 0 Å². The zero-order chi connectivity index (χ0) is 19.6. The fourth-order valence-electron chi connectivity index (χ4n) is 2.81. The van der Waals surface area contributed by atoms with Gasteiger partial charge in [-0.25, -0.2) is 0 Å². The Balaban J connectivity index is 2.12. The molecule has 1 unspecified atom stereocenters. The highest BCUT2D eigenvalue weighted by molar-refractivity contribution is 7.84. The lowest BCUT2D eigenvalue weighted by molar-refractivity contribution is -0.140. The van der Waals surface area contributed by atoms with Crippen molar-refractivity contribution >= 4 is 10.8 Å². The van der Waals surface area contributed by atoms with Gasteiger partial charge in [-0.05, 0) is 29.7 Å². The lowest BCUT2D eigenvalue weighted by atomic mass is 9.97. The van der Waals surface area contributed by atoms with Gasteiger partial charge in [-0.15, -0.1) is 0 Å². The second kappa shape index (κ2) is 7.66. The standard InChI is InChI=1S/C19H17F3N2O2S/c1-27(26)15-8-6-14(7-9-15)17-16(18(24-23-17)19(20,21)22)13-4-2-12(3-5-13)10-11-25/h2-9,25H,10-11H2,1H3,(H,23,24). The number of aliphatic hydroxyl groups excluding tert-OH is 1. The van der Waals surface area contributed by atoms with E-state index in [1.165, 1.54) is 6.26 Å². The zero-order valence-corrected chi connectivity index (χ0v) is 15.2. The second-order valence-electron chi connectivity index (χ2n) is 5.97. The molecule has 27 heavy (non-hydrogen) atoms. The number of alkyl halides is 3. The highest BCUT2D eigenvalue weighted by atomic mass is 32.2. The summed E-state index contributed by atoms with van der Waals surface area (Å²) in [6.07, 6.45) is -2.62. The van der Waals surface area contributed by atoms with Gasteiger partial charge in [-0.2, -0.15) is 18.3 Å². The van der Waals surface area contributed by atoms with E-state index in [1.807, 2.05) is 0 Å². The van der Waals surface area contributed by atoms with E-state index in [4.69, 9.17) is 5.11 Å². The molecular weight excluding hydrogens is 377 g/mol. The van der Waals surface area contributed by atoms with Crippen LogP contribution in [0, 0.1) is 0 Å². The molecule has 1 atom stereocenters. The predicted octanol–water partition coefficient (Wildman–Crippen LogP) is 4.03. The lowest BCUT2D eigenvalue weighted by Crippen LogP contribution is -2.07. The molecule has 0 radical (unpaired) electrons. The van der Waals surface area contributed by atoms with E-state index in [1.54, 1.807) is 48.5 Å². The van der Waals surface area contributed by atoms with Gasteiger partial charge in [0, 0.05) is 39.7 Å². The van der Waals surface area contributed by atoms with Gasteiger partial charge in [-0.3, -0.25) is 9.31 Å². The van der Waals surface area contributed by atoms with Crippen LogP contribution in [0.1, 0.15) is 11.3 Å². The summed E-state index contributed by atoms with van der Waals surface area (Å²) in [6.45, 7) is -0.0325. The van der Waals surface area contributed by atoms with Crippen LogP contribution in [-0.4, -0.2) is 32.4 Å². The smallest absolute Gasteiger partial charge is 0.396 e. The molecule has 0 bridgehead atoms. The van der Waals surface area contributed by atoms with E-state index in [2.05, 4.69) is 10.2 Å². The van der Waals surface area contributed by atoms with Gasteiger partial charge in [0.25, 0.3) is 0 Å². The Morgan fingerprint density at radius 3 is 2.15 bits per heavy atom. The van der Waals surface area contributed by atoms with Crippen LogP contribution in [-0.2, 0) is 23.4 Å². The molecular formula is C19H17F3N2O2S. The molecule has 1 heterocycles. The number of aliphatic hydroxyl groups is 1. The summed E-state index contributed by atoms with van der Waals surface area (Å²) >= 11 is 0. The molecule has 8 heteroatoms. The minimum Gasteiger partial charge on any atom is -0.396 e. The third-order valence-electron chi connectivity index (χ3n) is 4.15. The summed E-state index contributed by atoms with van der Waals surface area (Å²) in [5.74, 6) is 0. The molecule has 0 saturated carbocycles. The number of nitrogens with one attached hydrogen (secondary N) is 1. The number of benzene rings is 2. The van der Waals surface area contributed by atoms with Crippen LogP contribution in [0.2, 0.25) is 0 Å². The van der Waals surface area contributed by atoms with E-state index in [0.717, 1.165) is 5.56 Å². The van der Waals surface area contributed by atoms with Crippen molar-refractivity contribution in [3.8, 4) is 22.4 Å². The summed E-state index contributed by atoms with van der Waals surface area (Å²) in [5, 5.41) is 15.0. The Hall–Kier alpha value is -2.45. The van der Waals surface area contributed by atoms with Gasteiger partial charge in [0.2, 0.25) is 0 Å². The average molecular weight is 394 g/mol. The van der Waals surface area contributed by atoms with Gasteiger partial charge in [0.1, 0.15) is 11.4 Å². The quantitative estimate of drug-likeness (QED) is 0.687. The highest BCUT2D eigenvalue weighted by Gasteiger charge is 2.38. The van der Waals surface area contributed by atoms with Crippen LogP contribution in [0.25, 0.3) is 22.4 Å². The molecule has 0 amide bonds. The van der Waals surface area contributed by atoms with E-state index >= 15 is 0 Å². The van der Waals surface area contributed by atoms with E-state index in [-0.39, 0.29) is 17.9 Å². The third kappa shape index (κ3) is 4.12. The Kier molecular flexibility index (Phi) is 5.48. The van der Waals surface area contributed by atoms with Gasteiger partial charge >= 0.3 is 6.18 Å². The molecule has 1 aromatic heterocycles. The normalized spacial score (nSPS) is 12.9. The number of halogens is 3. The predicted molar refractivity (Wildman–Crippen MR) is 97.6 cm³/mol. The number of aromatic nitrogens is 2. The van der Waals surface area contributed by atoms with Gasteiger partial charge in [0.15, 0.2) is 0 Å². The number of hydrogen-bond acceptors (Lipinski definition) is 3. The molecule has 0 aliphatic rings. The van der Waals surface area contributed by atoms with Crippen molar-refractivity contribution in [2.24, 2.45) is 0 Å². The summed E-state index contributed by atoms with van der Waals surface area (Å²) in [5.41, 5.74) is 0.903. The fraction of sp³-hybridized carbons (Fsp3) is 0.211. The van der Waals surface area contributed by atoms with Crippen molar-refractivity contribution in [1.82, 2.24) is 10.2 Å². The van der Waals surface area contributed by atoms with Crippen LogP contribution in [0.4, 0.5) is 13.2 Å². The maximum atomic E-state index is 13.5. The van der Waals surface area contributed by atoms with E-state index in [9.17, 15) is 17.4 Å². The summed E-state index contributed by atoms with van der Waals surface area (Å²) in [6, 6.07) is 13.0. The molecule has 142 valence electrons. The summed E-state index contributed by atoms with van der Waals surface area (Å²) < 4.78 is 52.0. The van der Waals surface area contributed by atoms with E-state index < -0.39 is 22.7 Å². The van der Waals surface area contributed by atoms with Gasteiger partial charge in [-0.1, -0.05) is 36.4 Å². The molecule has 2 aromatic carbocycles. The maximum Gasteiger partial charge on any atom is 0.433 e. The molecule has 2 N–H and O–H groups in total. The van der Waals surface area contributed by atoms with Crippen LogP contribution < -0.4 is 0 Å². The first-order chi connectivity index (χ1) is 12.8. The Morgan fingerprint density at radius 1 is 1.04 bits per heavy atom. The first kappa shape index (κ1) is 19.3. The number of H-pyrrole nitrogens is 1. The van der Waals surface area contributed by atoms with Crippen LogP contribution in [0.3, 0.4) is 0 Å². The molecule has 3 rings (SSSR count). The van der Waals surface area contributed by atoms with Crippen molar-refractivity contribution in [3.05, 3.63) is 59.8 Å². The molecule has 0 aliphatic heterocycles. The minimum absolute atomic E-state index is 0.0325. The van der Waals surface area contributed by atoms with Crippen molar-refractivity contribution in [1.29, 1.82) is 0 Å². The minimum atomic E-state index is -4.59. The first-order valence-corrected chi connectivity index (χ1v) is 9.66. The van der Waals surface area contributed by atoms with Crippen LogP contribution in [0.15, 0.2) is 53.4 Å². The SMILES string of the molecule is CS(=O)c1ccc(-c2n[nH]c(C(F)(F)F)c2-c2ccc(CCO)cc2)cc1. The molecule has 0 aliphatic carbocycles. The van der Waals surface area contributed by atoms with E-state index in [0.29, 0.717) is 22.4 Å². The summed E-state index contributed by atoms with van der Waals surface area (Å²) in [4.78, 5) is 0.584. The topological polar surface area (TPSA) is 66.0 Å². The largest absolute Gasteiger partial charge is 0.433 e. The van der Waals surface area contributed by atoms with Crippen molar-refractivity contribution < 1.29 is 22.5 Å². The monoisotopic (exact) mass is 394 g/mol. The highest BCUT2D eigenvalue weighted by Crippen LogP contribution is 2.41. The Morgan fingerprint density at radius 2 is 1.63 bits per heavy atom. The van der Waals surface area contributed by atoms with Crippen LogP contribution in [0.5, 0.6) is 0 Å². The zero-order valence-electron chi connectivity index (χ0n) is 14.4. The van der Waals surface area contributed by atoms with Crippen molar-refractivity contribution in [2.75, 3.05) is 12.9 Å². The molecule has 0 fully saturated rings. The number of aromatic amines is 1. The first-order valence-electron chi connectivity index (χ1n) is 8.11. The summed E-state index contributed by atoms with van der Waals surface area (Å²) in [7, 11) is -1.18. The number of nitrogens with zero attached hydrogens (tertiary/aromatic N) is 1. The number of rotatable bonds is 5. The lowest BCUT2D eigenvalue weighted by Gasteiger charge is -2.10. The molecule has 0 saturated heterocycles. The number of hydrogen-bond donors (Lipinski definition) is 2. The van der Waals surface area contributed by atoms with Crippen LogP contribution >= 0.6 is 0 Å². The third-order valence-corrected chi connectivity index (χ3v) is 5.09. The Labute approximate surface area is 156 Å². The Bertz CT molecular complexity index is 949. The molecule has 4 nitrogen and oxygen atoms in total. The maximum absolute atomic E-state index is 13.5. The van der Waals surface area contributed by atoms with Crippen molar-refractivity contribution in [2.45, 2.75) is 17.5 Å². The van der Waals surface area contributed by atoms with Gasteiger partial charge < -0.3 is 5.11 Å². The second-order valence-corrected chi connectivity index (χ2v) is 7.35. The molecule has 0 spiro atoms. The fourth-order valence-corrected chi connectivity index (χ4v) is 3.33. The van der Waals surface area contributed by atoms with Crippen molar-refractivity contribution in [3.63, 3.8) is 0 Å².